The second kappa shape index (κ2) is 6.95. The topological polar surface area (TPSA) is 61.6 Å². The summed E-state index contributed by atoms with van der Waals surface area (Å²) in [7, 11) is 3.06. The predicted molar refractivity (Wildman–Crippen MR) is 86.6 cm³/mol. The van der Waals surface area contributed by atoms with E-state index in [1.165, 1.54) is 19.2 Å². The molecule has 2 aromatic rings. The number of halogens is 1. The fourth-order valence-corrected chi connectivity index (χ4v) is 2.22. The minimum atomic E-state index is -0.432. The number of nitrogens with zero attached hydrogens (tertiary/aromatic N) is 1. The number of nitro groups is 1. The Morgan fingerprint density at radius 2 is 1.73 bits per heavy atom. The summed E-state index contributed by atoms with van der Waals surface area (Å²) >= 11 is 6.28. The Bertz CT molecular complexity index is 711. The molecule has 0 unspecified atom stereocenters. The lowest BCUT2D eigenvalue weighted by Crippen LogP contribution is -1.92. The Balaban J connectivity index is 2.28. The van der Waals surface area contributed by atoms with Crippen LogP contribution in [-0.2, 0) is 0 Å². The molecular weight excluding hydrogens is 306 g/mol. The van der Waals surface area contributed by atoms with Gasteiger partial charge in [0.05, 0.1) is 24.2 Å². The fourth-order valence-electron chi connectivity index (χ4n) is 1.93. The quantitative estimate of drug-likeness (QED) is 0.464. The lowest BCUT2D eigenvalue weighted by Gasteiger charge is -2.10. The molecule has 0 aliphatic heterocycles. The molecule has 0 amide bonds. The van der Waals surface area contributed by atoms with Crippen molar-refractivity contribution in [3.8, 4) is 11.5 Å². The van der Waals surface area contributed by atoms with E-state index in [1.54, 1.807) is 25.3 Å². The third-order valence-electron chi connectivity index (χ3n) is 3.07. The molecular formula is C16H14ClNO4. The Morgan fingerprint density at radius 3 is 2.27 bits per heavy atom. The van der Waals surface area contributed by atoms with Crippen LogP contribution in [0.25, 0.3) is 12.2 Å². The standard InChI is InChI=1S/C16H14ClNO4/c1-21-14-10-7-12(15(17)16(14)22-2)6-3-11-4-8-13(9-5-11)18(19)20/h3-10H,1-2H3/b6-3+. The van der Waals surface area contributed by atoms with Gasteiger partial charge in [0.1, 0.15) is 0 Å². The second-order valence-electron chi connectivity index (χ2n) is 4.39. The molecule has 0 radical (unpaired) electrons. The highest BCUT2D eigenvalue weighted by Crippen LogP contribution is 2.37. The van der Waals surface area contributed by atoms with Crippen molar-refractivity contribution < 1.29 is 14.4 Å². The average molecular weight is 320 g/mol. The van der Waals surface area contributed by atoms with Gasteiger partial charge in [0.25, 0.3) is 5.69 Å². The summed E-state index contributed by atoms with van der Waals surface area (Å²) in [6.07, 6.45) is 3.63. The van der Waals surface area contributed by atoms with E-state index in [2.05, 4.69) is 0 Å². The maximum Gasteiger partial charge on any atom is 0.269 e. The van der Waals surface area contributed by atoms with Crippen LogP contribution in [0, 0.1) is 10.1 Å². The highest BCUT2D eigenvalue weighted by Gasteiger charge is 2.11. The number of hydrogen-bond donors (Lipinski definition) is 0. The molecule has 114 valence electrons. The first-order chi connectivity index (χ1) is 10.6. The minimum Gasteiger partial charge on any atom is -0.493 e. The third kappa shape index (κ3) is 3.38. The molecule has 0 atom stereocenters. The molecule has 0 saturated carbocycles. The van der Waals surface area contributed by atoms with Gasteiger partial charge in [-0.25, -0.2) is 0 Å². The van der Waals surface area contributed by atoms with Gasteiger partial charge in [-0.1, -0.05) is 23.8 Å². The minimum absolute atomic E-state index is 0.0568. The van der Waals surface area contributed by atoms with Gasteiger partial charge >= 0.3 is 0 Å². The van der Waals surface area contributed by atoms with Crippen molar-refractivity contribution in [3.63, 3.8) is 0 Å². The predicted octanol–water partition coefficient (Wildman–Crippen LogP) is 4.44. The second-order valence-corrected chi connectivity index (χ2v) is 4.76. The summed E-state index contributed by atoms with van der Waals surface area (Å²) < 4.78 is 10.4. The Hall–Kier alpha value is -2.53. The van der Waals surface area contributed by atoms with Crippen molar-refractivity contribution in [1.82, 2.24) is 0 Å². The first-order valence-corrected chi connectivity index (χ1v) is 6.77. The summed E-state index contributed by atoms with van der Waals surface area (Å²) in [6, 6.07) is 9.82. The smallest absolute Gasteiger partial charge is 0.269 e. The van der Waals surface area contributed by atoms with Crippen LogP contribution in [0.3, 0.4) is 0 Å². The molecule has 0 aliphatic carbocycles. The summed E-state index contributed by atoms with van der Waals surface area (Å²) in [5.74, 6) is 1.02. The molecule has 0 spiro atoms. The Kier molecular flexibility index (Phi) is 5.01. The van der Waals surface area contributed by atoms with Gasteiger partial charge in [-0.05, 0) is 35.4 Å². The van der Waals surface area contributed by atoms with Crippen LogP contribution in [0.2, 0.25) is 5.02 Å². The van der Waals surface area contributed by atoms with E-state index in [1.807, 2.05) is 18.2 Å². The van der Waals surface area contributed by atoms with E-state index in [0.717, 1.165) is 11.1 Å². The molecule has 0 heterocycles. The molecule has 2 rings (SSSR count). The van der Waals surface area contributed by atoms with Gasteiger partial charge in [0.15, 0.2) is 11.5 Å². The Labute approximate surface area is 132 Å². The van der Waals surface area contributed by atoms with E-state index in [-0.39, 0.29) is 5.69 Å². The van der Waals surface area contributed by atoms with E-state index >= 15 is 0 Å². The van der Waals surface area contributed by atoms with Crippen LogP contribution in [0.1, 0.15) is 11.1 Å². The first kappa shape index (κ1) is 15.9. The maximum absolute atomic E-state index is 10.6. The van der Waals surface area contributed by atoms with Crippen molar-refractivity contribution in [3.05, 3.63) is 62.7 Å². The zero-order valence-electron chi connectivity index (χ0n) is 12.1. The van der Waals surface area contributed by atoms with Crippen molar-refractivity contribution >= 4 is 29.4 Å². The lowest BCUT2D eigenvalue weighted by atomic mass is 10.1. The van der Waals surface area contributed by atoms with E-state index < -0.39 is 4.92 Å². The number of benzene rings is 2. The molecule has 0 saturated heterocycles. The van der Waals surface area contributed by atoms with Gasteiger partial charge in [-0.15, -0.1) is 0 Å². The number of ether oxygens (including phenoxy) is 2. The number of hydrogen-bond acceptors (Lipinski definition) is 4. The number of non-ortho nitro benzene ring substituents is 1. The molecule has 0 aromatic heterocycles. The molecule has 6 heteroatoms. The molecule has 0 fully saturated rings. The van der Waals surface area contributed by atoms with E-state index in [4.69, 9.17) is 21.1 Å². The van der Waals surface area contributed by atoms with E-state index in [0.29, 0.717) is 16.5 Å². The Morgan fingerprint density at radius 1 is 1.05 bits per heavy atom. The summed E-state index contributed by atoms with van der Waals surface area (Å²) in [5.41, 5.74) is 1.65. The number of rotatable bonds is 5. The van der Waals surface area contributed by atoms with Crippen LogP contribution in [0.4, 0.5) is 5.69 Å². The first-order valence-electron chi connectivity index (χ1n) is 6.40. The summed E-state index contributed by atoms with van der Waals surface area (Å²) in [5, 5.41) is 11.1. The molecule has 0 N–H and O–H groups in total. The molecule has 2 aromatic carbocycles. The highest BCUT2D eigenvalue weighted by atomic mass is 35.5. The van der Waals surface area contributed by atoms with Crippen LogP contribution < -0.4 is 9.47 Å². The number of methoxy groups -OCH3 is 2. The van der Waals surface area contributed by atoms with Gasteiger partial charge in [0, 0.05) is 12.1 Å². The summed E-state index contributed by atoms with van der Waals surface area (Å²) in [6.45, 7) is 0. The van der Waals surface area contributed by atoms with Crippen molar-refractivity contribution in [2.45, 2.75) is 0 Å². The fraction of sp³-hybridized carbons (Fsp3) is 0.125. The van der Waals surface area contributed by atoms with Gasteiger partial charge in [0.2, 0.25) is 0 Å². The third-order valence-corrected chi connectivity index (χ3v) is 3.46. The van der Waals surface area contributed by atoms with Crippen molar-refractivity contribution in [2.24, 2.45) is 0 Å². The maximum atomic E-state index is 10.6. The van der Waals surface area contributed by atoms with Crippen LogP contribution in [-0.4, -0.2) is 19.1 Å². The van der Waals surface area contributed by atoms with Crippen LogP contribution in [0.5, 0.6) is 11.5 Å². The zero-order valence-corrected chi connectivity index (χ0v) is 12.8. The van der Waals surface area contributed by atoms with Crippen molar-refractivity contribution in [2.75, 3.05) is 14.2 Å². The van der Waals surface area contributed by atoms with Crippen molar-refractivity contribution in [1.29, 1.82) is 0 Å². The van der Waals surface area contributed by atoms with Gasteiger partial charge in [-0.2, -0.15) is 0 Å². The monoisotopic (exact) mass is 319 g/mol. The average Bonchev–Trinajstić information content (AvgIpc) is 2.53. The van der Waals surface area contributed by atoms with Crippen LogP contribution in [0.15, 0.2) is 36.4 Å². The zero-order chi connectivity index (χ0) is 16.1. The van der Waals surface area contributed by atoms with Crippen LogP contribution >= 0.6 is 11.6 Å². The SMILES string of the molecule is COc1ccc(/C=C/c2ccc([N+](=O)[O-])cc2)c(Cl)c1OC. The summed E-state index contributed by atoms with van der Waals surface area (Å²) in [4.78, 5) is 10.2. The normalized spacial score (nSPS) is 10.7. The van der Waals surface area contributed by atoms with Gasteiger partial charge in [-0.3, -0.25) is 10.1 Å². The van der Waals surface area contributed by atoms with Gasteiger partial charge < -0.3 is 9.47 Å². The molecule has 22 heavy (non-hydrogen) atoms. The van der Waals surface area contributed by atoms with E-state index in [9.17, 15) is 10.1 Å². The molecule has 0 aliphatic rings. The molecule has 5 nitrogen and oxygen atoms in total. The highest BCUT2D eigenvalue weighted by molar-refractivity contribution is 6.34. The molecule has 0 bridgehead atoms. The lowest BCUT2D eigenvalue weighted by molar-refractivity contribution is -0.384. The largest absolute Gasteiger partial charge is 0.493 e. The number of nitro benzene ring substituents is 1.